The Balaban J connectivity index is 3.16. The summed E-state index contributed by atoms with van der Waals surface area (Å²) in [5.41, 5.74) is 4.89. The number of primary amides is 1. The molecule has 5 nitrogen and oxygen atoms in total. The third-order valence-corrected chi connectivity index (χ3v) is 2.54. The summed E-state index contributed by atoms with van der Waals surface area (Å²) in [5, 5.41) is 5.29. The molecular weight excluding hydrogens is 214 g/mol. The normalized spacial score (nSPS) is 9.67. The molecule has 6 heteroatoms. The zero-order valence-electron chi connectivity index (χ0n) is 9.04. The van der Waals surface area contributed by atoms with Crippen molar-refractivity contribution in [2.45, 2.75) is 19.8 Å². The fourth-order valence-corrected chi connectivity index (χ4v) is 1.43. The topological polar surface area (TPSA) is 84.2 Å². The van der Waals surface area contributed by atoms with Gasteiger partial charge >= 0.3 is 6.03 Å². The first-order valence-corrected chi connectivity index (χ1v) is 6.20. The summed E-state index contributed by atoms with van der Waals surface area (Å²) < 4.78 is 0. The van der Waals surface area contributed by atoms with Crippen molar-refractivity contribution in [3.8, 4) is 0 Å². The second-order valence-electron chi connectivity index (χ2n) is 2.99. The minimum Gasteiger partial charge on any atom is -0.355 e. The first-order valence-electron chi connectivity index (χ1n) is 5.04. The lowest BCUT2D eigenvalue weighted by Gasteiger charge is -2.04. The van der Waals surface area contributed by atoms with Gasteiger partial charge in [-0.05, 0) is 18.6 Å². The first kappa shape index (κ1) is 14.1. The molecule has 0 aromatic heterocycles. The third kappa shape index (κ3) is 11.0. The van der Waals surface area contributed by atoms with E-state index in [1.165, 1.54) is 0 Å². The van der Waals surface area contributed by atoms with Gasteiger partial charge in [0.15, 0.2) is 0 Å². The quantitative estimate of drug-likeness (QED) is 0.527. The molecule has 0 aliphatic rings. The maximum atomic E-state index is 11.1. The number of unbranched alkanes of at least 4 members (excludes halogenated alkanes) is 1. The predicted octanol–water partition coefficient (Wildman–Crippen LogP) is 0.304. The number of urea groups is 1. The summed E-state index contributed by atoms with van der Waals surface area (Å²) in [6, 6.07) is -0.501. The van der Waals surface area contributed by atoms with Crippen molar-refractivity contribution in [3.05, 3.63) is 0 Å². The van der Waals surface area contributed by atoms with Crippen LogP contribution in [0.3, 0.4) is 0 Å². The molecule has 0 rings (SSSR count). The molecule has 0 aromatic carbocycles. The number of amides is 3. The lowest BCUT2D eigenvalue weighted by atomic mass is 10.3. The SMILES string of the molecule is CCSCC(=O)NCCCCNC(N)=O. The van der Waals surface area contributed by atoms with Crippen molar-refractivity contribution in [2.75, 3.05) is 24.6 Å². The van der Waals surface area contributed by atoms with Gasteiger partial charge in [0.1, 0.15) is 0 Å². The molecule has 0 spiro atoms. The van der Waals surface area contributed by atoms with Crippen LogP contribution in [0.5, 0.6) is 0 Å². The van der Waals surface area contributed by atoms with E-state index in [0.29, 0.717) is 18.8 Å². The minimum atomic E-state index is -0.501. The minimum absolute atomic E-state index is 0.0738. The Kier molecular flexibility index (Phi) is 9.05. The lowest BCUT2D eigenvalue weighted by Crippen LogP contribution is -2.31. The predicted molar refractivity (Wildman–Crippen MR) is 62.8 cm³/mol. The Morgan fingerprint density at radius 1 is 1.20 bits per heavy atom. The fraction of sp³-hybridized carbons (Fsp3) is 0.778. The molecule has 0 aliphatic carbocycles. The van der Waals surface area contributed by atoms with Gasteiger partial charge < -0.3 is 16.4 Å². The van der Waals surface area contributed by atoms with Gasteiger partial charge in [-0.15, -0.1) is 0 Å². The molecule has 3 amide bonds. The van der Waals surface area contributed by atoms with E-state index >= 15 is 0 Å². The standard InChI is InChI=1S/C9H19N3O2S/c1-2-15-7-8(13)11-5-3-4-6-12-9(10)14/h2-7H2,1H3,(H,11,13)(H3,10,12,14). The average molecular weight is 233 g/mol. The monoisotopic (exact) mass is 233 g/mol. The van der Waals surface area contributed by atoms with Crippen LogP contribution in [0, 0.1) is 0 Å². The Morgan fingerprint density at radius 2 is 1.80 bits per heavy atom. The van der Waals surface area contributed by atoms with Crippen molar-refractivity contribution in [1.29, 1.82) is 0 Å². The van der Waals surface area contributed by atoms with Crippen LogP contribution >= 0.6 is 11.8 Å². The van der Waals surface area contributed by atoms with Crippen LogP contribution in [0.25, 0.3) is 0 Å². The van der Waals surface area contributed by atoms with E-state index in [9.17, 15) is 9.59 Å². The second kappa shape index (κ2) is 9.64. The Labute approximate surface area is 94.5 Å². The van der Waals surface area contributed by atoms with Gasteiger partial charge in [0.25, 0.3) is 0 Å². The van der Waals surface area contributed by atoms with E-state index < -0.39 is 6.03 Å². The van der Waals surface area contributed by atoms with Gasteiger partial charge in [0, 0.05) is 13.1 Å². The Hall–Kier alpha value is -0.910. The highest BCUT2D eigenvalue weighted by atomic mass is 32.2. The van der Waals surface area contributed by atoms with Crippen LogP contribution in [0.1, 0.15) is 19.8 Å². The first-order chi connectivity index (χ1) is 7.16. The van der Waals surface area contributed by atoms with Crippen LogP contribution in [0.4, 0.5) is 4.79 Å². The van der Waals surface area contributed by atoms with Crippen molar-refractivity contribution in [2.24, 2.45) is 5.73 Å². The van der Waals surface area contributed by atoms with Gasteiger partial charge in [-0.1, -0.05) is 6.92 Å². The van der Waals surface area contributed by atoms with Crippen LogP contribution in [0.15, 0.2) is 0 Å². The average Bonchev–Trinajstić information content (AvgIpc) is 2.19. The summed E-state index contributed by atoms with van der Waals surface area (Å²) in [4.78, 5) is 21.4. The molecule has 0 saturated carbocycles. The van der Waals surface area contributed by atoms with Crippen LogP contribution < -0.4 is 16.4 Å². The van der Waals surface area contributed by atoms with E-state index in [0.717, 1.165) is 18.6 Å². The summed E-state index contributed by atoms with van der Waals surface area (Å²) in [6.07, 6.45) is 1.67. The molecule has 0 atom stereocenters. The maximum Gasteiger partial charge on any atom is 0.312 e. The summed E-state index contributed by atoms with van der Waals surface area (Å²) >= 11 is 1.60. The molecule has 0 aliphatic heterocycles. The lowest BCUT2D eigenvalue weighted by molar-refractivity contribution is -0.118. The molecule has 0 fully saturated rings. The summed E-state index contributed by atoms with van der Waals surface area (Å²) in [5.74, 6) is 1.55. The molecule has 0 aromatic rings. The molecule has 88 valence electrons. The maximum absolute atomic E-state index is 11.1. The Morgan fingerprint density at radius 3 is 2.33 bits per heavy atom. The van der Waals surface area contributed by atoms with Gasteiger partial charge in [0.2, 0.25) is 5.91 Å². The Bertz CT molecular complexity index is 200. The highest BCUT2D eigenvalue weighted by Gasteiger charge is 1.98. The summed E-state index contributed by atoms with van der Waals surface area (Å²) in [6.45, 7) is 3.24. The van der Waals surface area contributed by atoms with Crippen molar-refractivity contribution in [1.82, 2.24) is 10.6 Å². The van der Waals surface area contributed by atoms with Gasteiger partial charge in [-0.2, -0.15) is 11.8 Å². The van der Waals surface area contributed by atoms with Crippen LogP contribution in [-0.2, 0) is 4.79 Å². The smallest absolute Gasteiger partial charge is 0.312 e. The number of rotatable bonds is 8. The van der Waals surface area contributed by atoms with Crippen molar-refractivity contribution >= 4 is 23.7 Å². The molecule has 0 heterocycles. The second-order valence-corrected chi connectivity index (χ2v) is 4.26. The van der Waals surface area contributed by atoms with Gasteiger partial charge in [0.05, 0.1) is 5.75 Å². The number of carbonyl (C=O) groups excluding carboxylic acids is 2. The van der Waals surface area contributed by atoms with Crippen molar-refractivity contribution < 1.29 is 9.59 Å². The number of hydrogen-bond donors (Lipinski definition) is 3. The fourth-order valence-electron chi connectivity index (χ4n) is 0.935. The highest BCUT2D eigenvalue weighted by Crippen LogP contribution is 1.96. The zero-order chi connectivity index (χ0) is 11.5. The van der Waals surface area contributed by atoms with Crippen LogP contribution in [0.2, 0.25) is 0 Å². The third-order valence-electron chi connectivity index (χ3n) is 1.66. The highest BCUT2D eigenvalue weighted by molar-refractivity contribution is 7.99. The molecule has 0 radical (unpaired) electrons. The molecule has 15 heavy (non-hydrogen) atoms. The van der Waals surface area contributed by atoms with E-state index in [2.05, 4.69) is 10.6 Å². The zero-order valence-corrected chi connectivity index (χ0v) is 9.86. The largest absolute Gasteiger partial charge is 0.355 e. The van der Waals surface area contributed by atoms with E-state index in [-0.39, 0.29) is 5.91 Å². The number of nitrogens with one attached hydrogen (secondary N) is 2. The number of nitrogens with two attached hydrogens (primary N) is 1. The molecule has 4 N–H and O–H groups in total. The van der Waals surface area contributed by atoms with E-state index in [1.807, 2.05) is 6.92 Å². The number of carbonyl (C=O) groups is 2. The molecule has 0 saturated heterocycles. The summed E-state index contributed by atoms with van der Waals surface area (Å²) in [7, 11) is 0. The van der Waals surface area contributed by atoms with E-state index in [1.54, 1.807) is 11.8 Å². The number of hydrogen-bond acceptors (Lipinski definition) is 3. The molecule has 0 bridgehead atoms. The van der Waals surface area contributed by atoms with Crippen LogP contribution in [-0.4, -0.2) is 36.5 Å². The van der Waals surface area contributed by atoms with E-state index in [4.69, 9.17) is 5.73 Å². The molecule has 0 unspecified atom stereocenters. The van der Waals surface area contributed by atoms with Crippen molar-refractivity contribution in [3.63, 3.8) is 0 Å². The van der Waals surface area contributed by atoms with Gasteiger partial charge in [-0.3, -0.25) is 4.79 Å². The van der Waals surface area contributed by atoms with Gasteiger partial charge in [-0.25, -0.2) is 4.79 Å². The number of thioether (sulfide) groups is 1. The molecular formula is C9H19N3O2S.